The van der Waals surface area contributed by atoms with Crippen molar-refractivity contribution in [3.63, 3.8) is 0 Å². The number of nitrogens with one attached hydrogen (secondary N) is 1. The summed E-state index contributed by atoms with van der Waals surface area (Å²) < 4.78 is 0. The zero-order valence-electron chi connectivity index (χ0n) is 14.4. The van der Waals surface area contributed by atoms with Gasteiger partial charge in [-0.25, -0.2) is 0 Å². The first-order valence-corrected chi connectivity index (χ1v) is 8.55. The molecule has 0 saturated heterocycles. The lowest BCUT2D eigenvalue weighted by atomic mass is 9.94. The van der Waals surface area contributed by atoms with E-state index in [1.807, 2.05) is 55.5 Å². The summed E-state index contributed by atoms with van der Waals surface area (Å²) in [6.07, 6.45) is 1.19. The van der Waals surface area contributed by atoms with Gasteiger partial charge in [0.25, 0.3) is 0 Å². The third-order valence-corrected chi connectivity index (χ3v) is 4.94. The first kappa shape index (κ1) is 15.6. The number of allylic oxidation sites excluding steroid dienone is 1. The molecule has 0 saturated carbocycles. The van der Waals surface area contributed by atoms with Gasteiger partial charge < -0.3 is 5.32 Å². The fourth-order valence-corrected chi connectivity index (χ4v) is 3.76. The van der Waals surface area contributed by atoms with Gasteiger partial charge in [-0.15, -0.1) is 0 Å². The van der Waals surface area contributed by atoms with Crippen molar-refractivity contribution in [1.82, 2.24) is 0 Å². The zero-order valence-corrected chi connectivity index (χ0v) is 14.4. The quantitative estimate of drug-likeness (QED) is 0.854. The van der Waals surface area contributed by atoms with Gasteiger partial charge in [0, 0.05) is 24.6 Å². The molecule has 1 atom stereocenters. The summed E-state index contributed by atoms with van der Waals surface area (Å²) in [7, 11) is 0. The molecule has 0 radical (unpaired) electrons. The lowest BCUT2D eigenvalue weighted by Crippen LogP contribution is -2.35. The molecule has 126 valence electrons. The third kappa shape index (κ3) is 2.54. The highest BCUT2D eigenvalue weighted by atomic mass is 16.2. The van der Waals surface area contributed by atoms with E-state index in [0.717, 1.165) is 33.8 Å². The molecule has 2 aromatic rings. The SMILES string of the molecule is CC(=O)N1c2ccccc2NC2=C(C(=O)CC2)C1c1ccc(C)cc1. The molecule has 0 bridgehead atoms. The van der Waals surface area contributed by atoms with Crippen LogP contribution in [0.2, 0.25) is 0 Å². The van der Waals surface area contributed by atoms with Gasteiger partial charge >= 0.3 is 0 Å². The van der Waals surface area contributed by atoms with Crippen LogP contribution in [0.4, 0.5) is 11.4 Å². The maximum absolute atomic E-state index is 12.7. The van der Waals surface area contributed by atoms with Gasteiger partial charge in [-0.3, -0.25) is 14.5 Å². The average Bonchev–Trinajstić information content (AvgIpc) is 2.87. The molecule has 1 unspecified atom stereocenters. The number of rotatable bonds is 1. The van der Waals surface area contributed by atoms with E-state index < -0.39 is 0 Å². The summed E-state index contributed by atoms with van der Waals surface area (Å²) >= 11 is 0. The highest BCUT2D eigenvalue weighted by Crippen LogP contribution is 2.45. The molecule has 2 aromatic carbocycles. The summed E-state index contributed by atoms with van der Waals surface area (Å²) in [6, 6.07) is 15.4. The molecule has 4 heteroatoms. The van der Waals surface area contributed by atoms with Gasteiger partial charge in [0.05, 0.1) is 17.4 Å². The van der Waals surface area contributed by atoms with Crippen LogP contribution in [0.3, 0.4) is 0 Å². The van der Waals surface area contributed by atoms with E-state index in [0.29, 0.717) is 12.8 Å². The molecule has 1 aliphatic heterocycles. The number of hydrogen-bond donors (Lipinski definition) is 1. The Morgan fingerprint density at radius 1 is 1.08 bits per heavy atom. The Morgan fingerprint density at radius 2 is 1.80 bits per heavy atom. The Morgan fingerprint density at radius 3 is 2.52 bits per heavy atom. The van der Waals surface area contributed by atoms with E-state index in [1.165, 1.54) is 0 Å². The number of aryl methyl sites for hydroxylation is 1. The number of benzene rings is 2. The Bertz CT molecular complexity index is 896. The Balaban J connectivity index is 1.98. The molecule has 0 fully saturated rings. The smallest absolute Gasteiger partial charge is 0.224 e. The van der Waals surface area contributed by atoms with E-state index >= 15 is 0 Å². The van der Waals surface area contributed by atoms with Gasteiger partial charge in [-0.1, -0.05) is 42.0 Å². The van der Waals surface area contributed by atoms with Crippen molar-refractivity contribution in [3.05, 3.63) is 70.9 Å². The van der Waals surface area contributed by atoms with Crippen LogP contribution in [0.1, 0.15) is 36.9 Å². The van der Waals surface area contributed by atoms with E-state index in [1.54, 1.807) is 11.8 Å². The summed E-state index contributed by atoms with van der Waals surface area (Å²) in [6.45, 7) is 3.59. The minimum Gasteiger partial charge on any atom is -0.357 e. The molecule has 1 N–H and O–H groups in total. The summed E-state index contributed by atoms with van der Waals surface area (Å²) in [5.41, 5.74) is 5.44. The lowest BCUT2D eigenvalue weighted by molar-refractivity contribution is -0.117. The van der Waals surface area contributed by atoms with Crippen LogP contribution in [-0.4, -0.2) is 11.7 Å². The van der Waals surface area contributed by atoms with Crippen molar-refractivity contribution in [2.24, 2.45) is 0 Å². The van der Waals surface area contributed by atoms with Crippen LogP contribution in [0, 0.1) is 6.92 Å². The number of ketones is 1. The fourth-order valence-electron chi connectivity index (χ4n) is 3.76. The van der Waals surface area contributed by atoms with Crippen molar-refractivity contribution >= 4 is 23.1 Å². The number of nitrogens with zero attached hydrogens (tertiary/aromatic N) is 1. The second kappa shape index (κ2) is 5.88. The molecule has 25 heavy (non-hydrogen) atoms. The Kier molecular flexibility index (Phi) is 3.68. The molecule has 1 amide bonds. The van der Waals surface area contributed by atoms with Crippen molar-refractivity contribution in [1.29, 1.82) is 0 Å². The van der Waals surface area contributed by atoms with E-state index in [9.17, 15) is 9.59 Å². The fraction of sp³-hybridized carbons (Fsp3) is 0.238. The van der Waals surface area contributed by atoms with Gasteiger partial charge in [0.2, 0.25) is 5.91 Å². The molecule has 4 nitrogen and oxygen atoms in total. The van der Waals surface area contributed by atoms with Gasteiger partial charge in [0.15, 0.2) is 5.78 Å². The molecule has 0 aromatic heterocycles. The zero-order chi connectivity index (χ0) is 17.6. The summed E-state index contributed by atoms with van der Waals surface area (Å²) in [4.78, 5) is 27.1. The lowest BCUT2D eigenvalue weighted by Gasteiger charge is -2.31. The van der Waals surface area contributed by atoms with Crippen LogP contribution in [-0.2, 0) is 9.59 Å². The number of carbonyl (C=O) groups is 2. The predicted molar refractivity (Wildman–Crippen MR) is 98.4 cm³/mol. The van der Waals surface area contributed by atoms with E-state index in [-0.39, 0.29) is 17.7 Å². The van der Waals surface area contributed by atoms with Crippen molar-refractivity contribution in [3.8, 4) is 0 Å². The normalized spacial score (nSPS) is 19.2. The first-order chi connectivity index (χ1) is 12.1. The second-order valence-corrected chi connectivity index (χ2v) is 6.66. The largest absolute Gasteiger partial charge is 0.357 e. The maximum Gasteiger partial charge on any atom is 0.224 e. The molecule has 2 aliphatic rings. The van der Waals surface area contributed by atoms with Crippen LogP contribution in [0.5, 0.6) is 0 Å². The second-order valence-electron chi connectivity index (χ2n) is 6.66. The van der Waals surface area contributed by atoms with Crippen molar-refractivity contribution in [2.75, 3.05) is 10.2 Å². The predicted octanol–water partition coefficient (Wildman–Crippen LogP) is 4.13. The van der Waals surface area contributed by atoms with Gasteiger partial charge in [-0.05, 0) is 31.0 Å². The van der Waals surface area contributed by atoms with Crippen molar-refractivity contribution in [2.45, 2.75) is 32.7 Å². The maximum atomic E-state index is 12.7. The molecule has 0 spiro atoms. The minimum atomic E-state index is -0.390. The van der Waals surface area contributed by atoms with Crippen LogP contribution in [0.25, 0.3) is 0 Å². The Labute approximate surface area is 147 Å². The van der Waals surface area contributed by atoms with Crippen LogP contribution >= 0.6 is 0 Å². The highest BCUT2D eigenvalue weighted by molar-refractivity contribution is 6.06. The topological polar surface area (TPSA) is 49.4 Å². The van der Waals surface area contributed by atoms with Crippen LogP contribution in [0.15, 0.2) is 59.8 Å². The number of hydrogen-bond acceptors (Lipinski definition) is 3. The van der Waals surface area contributed by atoms with Crippen molar-refractivity contribution < 1.29 is 9.59 Å². The number of amides is 1. The molecule has 1 heterocycles. The van der Waals surface area contributed by atoms with Gasteiger partial charge in [-0.2, -0.15) is 0 Å². The van der Waals surface area contributed by atoms with Crippen LogP contribution < -0.4 is 10.2 Å². The number of para-hydroxylation sites is 2. The Hall–Kier alpha value is -2.88. The third-order valence-electron chi connectivity index (χ3n) is 4.94. The molecular weight excluding hydrogens is 312 g/mol. The van der Waals surface area contributed by atoms with Gasteiger partial charge in [0.1, 0.15) is 0 Å². The summed E-state index contributed by atoms with van der Waals surface area (Å²) in [5, 5.41) is 3.41. The molecule has 4 rings (SSSR count). The minimum absolute atomic E-state index is 0.0757. The van der Waals surface area contributed by atoms with E-state index in [2.05, 4.69) is 5.32 Å². The molecular formula is C21H20N2O2. The van der Waals surface area contributed by atoms with E-state index in [4.69, 9.17) is 0 Å². The summed E-state index contributed by atoms with van der Waals surface area (Å²) in [5.74, 6) is 0.0420. The highest BCUT2D eigenvalue weighted by Gasteiger charge is 2.39. The first-order valence-electron chi connectivity index (χ1n) is 8.55. The molecule has 1 aliphatic carbocycles. The number of carbonyl (C=O) groups excluding carboxylic acids is 2. The number of Topliss-reactive ketones (excluding diaryl/α,β-unsaturated/α-hetero) is 1. The standard InChI is InChI=1S/C21H20N2O2/c1-13-7-9-15(10-8-13)21-20-17(11-12-19(20)25)22-16-5-3-4-6-18(16)23(21)14(2)24/h3-10,21-22H,11-12H2,1-2H3. The monoisotopic (exact) mass is 332 g/mol. The number of fused-ring (bicyclic) bond motifs is 1. The number of anilines is 2. The average molecular weight is 332 g/mol.